The van der Waals surface area contributed by atoms with Crippen molar-refractivity contribution in [3.8, 4) is 17.6 Å². The van der Waals surface area contributed by atoms with E-state index >= 15 is 0 Å². The largest absolute Gasteiger partial charge is 0.497 e. The Hall–Kier alpha value is -2.51. The van der Waals surface area contributed by atoms with Gasteiger partial charge >= 0.3 is 0 Å². The highest BCUT2D eigenvalue weighted by Gasteiger charge is 2.06. The molecule has 0 bridgehead atoms. The highest BCUT2D eigenvalue weighted by atomic mass is 16.5. The summed E-state index contributed by atoms with van der Waals surface area (Å²) >= 11 is 0. The van der Waals surface area contributed by atoms with Crippen LogP contribution < -0.4 is 16.0 Å². The van der Waals surface area contributed by atoms with E-state index in [0.717, 1.165) is 22.4 Å². The van der Waals surface area contributed by atoms with Gasteiger partial charge in [0.15, 0.2) is 0 Å². The van der Waals surface area contributed by atoms with Gasteiger partial charge in [-0.2, -0.15) is 0 Å². The van der Waals surface area contributed by atoms with Crippen LogP contribution in [-0.2, 0) is 6.54 Å². The van der Waals surface area contributed by atoms with Gasteiger partial charge in [0.1, 0.15) is 5.75 Å². The lowest BCUT2D eigenvalue weighted by molar-refractivity contribution is 0.414. The van der Waals surface area contributed by atoms with Crippen LogP contribution in [0.25, 0.3) is 0 Å². The van der Waals surface area contributed by atoms with E-state index in [1.54, 1.807) is 30.9 Å². The zero-order valence-electron chi connectivity index (χ0n) is 12.2. The number of ether oxygens (including phenoxy) is 1. The van der Waals surface area contributed by atoms with Crippen LogP contribution in [0, 0.1) is 18.8 Å². The lowest BCUT2D eigenvalue weighted by atomic mass is 10.1. The number of aryl methyl sites for hydroxylation is 1. The maximum absolute atomic E-state index is 12.1. The number of benzene rings is 1. The zero-order valence-corrected chi connectivity index (χ0v) is 12.2. The third-order valence-electron chi connectivity index (χ3n) is 3.19. The molecule has 4 nitrogen and oxygen atoms in total. The molecule has 2 rings (SSSR count). The normalized spacial score (nSPS) is 9.86. The molecule has 4 heteroatoms. The van der Waals surface area contributed by atoms with E-state index in [1.165, 1.54) is 0 Å². The Morgan fingerprint density at radius 2 is 2.14 bits per heavy atom. The fourth-order valence-electron chi connectivity index (χ4n) is 2.06. The number of rotatable bonds is 3. The average Bonchev–Trinajstić information content (AvgIpc) is 2.50. The Morgan fingerprint density at radius 3 is 2.86 bits per heavy atom. The number of aromatic nitrogens is 1. The van der Waals surface area contributed by atoms with Gasteiger partial charge in [0, 0.05) is 17.3 Å². The second-order valence-corrected chi connectivity index (χ2v) is 4.65. The van der Waals surface area contributed by atoms with Gasteiger partial charge in [-0.1, -0.05) is 17.9 Å². The second-order valence-electron chi connectivity index (χ2n) is 4.65. The van der Waals surface area contributed by atoms with E-state index in [2.05, 4.69) is 11.8 Å². The zero-order chi connectivity index (χ0) is 15.2. The van der Waals surface area contributed by atoms with E-state index < -0.39 is 0 Å². The standard InChI is InChI=1S/C17H18N2O2/c1-13-5-4-10-19(17(13)20)12-15-11-16(21-2)8-7-14(15)6-3-9-18/h4-5,7-8,10-11H,9,12,18H2,1-2H3. The summed E-state index contributed by atoms with van der Waals surface area (Å²) in [6.07, 6.45) is 1.77. The average molecular weight is 282 g/mol. The van der Waals surface area contributed by atoms with Crippen LogP contribution in [0.15, 0.2) is 41.3 Å². The summed E-state index contributed by atoms with van der Waals surface area (Å²) in [5, 5.41) is 0. The predicted molar refractivity (Wildman–Crippen MR) is 83.5 cm³/mol. The van der Waals surface area contributed by atoms with E-state index in [-0.39, 0.29) is 5.56 Å². The minimum Gasteiger partial charge on any atom is -0.497 e. The van der Waals surface area contributed by atoms with E-state index in [4.69, 9.17) is 10.5 Å². The second kappa shape index (κ2) is 6.78. The Morgan fingerprint density at radius 1 is 1.33 bits per heavy atom. The van der Waals surface area contributed by atoms with Gasteiger partial charge in [0.05, 0.1) is 20.2 Å². The van der Waals surface area contributed by atoms with Gasteiger partial charge in [-0.3, -0.25) is 4.79 Å². The number of nitrogens with zero attached hydrogens (tertiary/aromatic N) is 1. The Bertz CT molecular complexity index is 751. The van der Waals surface area contributed by atoms with Gasteiger partial charge in [-0.15, -0.1) is 0 Å². The molecule has 1 aromatic carbocycles. The lowest BCUT2D eigenvalue weighted by Crippen LogP contribution is -2.22. The van der Waals surface area contributed by atoms with Gasteiger partial charge in [0.2, 0.25) is 0 Å². The van der Waals surface area contributed by atoms with Crippen molar-refractivity contribution in [1.82, 2.24) is 4.57 Å². The SMILES string of the molecule is COc1ccc(C#CCN)c(Cn2cccc(C)c2=O)c1. The fourth-order valence-corrected chi connectivity index (χ4v) is 2.06. The van der Waals surface area contributed by atoms with Crippen LogP contribution in [0.1, 0.15) is 16.7 Å². The molecule has 0 amide bonds. The predicted octanol–water partition coefficient (Wildman–Crippen LogP) is 1.52. The monoisotopic (exact) mass is 282 g/mol. The molecular weight excluding hydrogens is 264 g/mol. The highest BCUT2D eigenvalue weighted by Crippen LogP contribution is 2.18. The third-order valence-corrected chi connectivity index (χ3v) is 3.19. The van der Waals surface area contributed by atoms with Crippen LogP contribution in [0.2, 0.25) is 0 Å². The van der Waals surface area contributed by atoms with Gasteiger partial charge < -0.3 is 15.0 Å². The molecule has 1 aromatic heterocycles. The molecule has 0 saturated carbocycles. The van der Waals surface area contributed by atoms with Gasteiger partial charge in [0.25, 0.3) is 5.56 Å². The van der Waals surface area contributed by atoms with Crippen molar-refractivity contribution < 1.29 is 4.74 Å². The van der Waals surface area contributed by atoms with Crippen molar-refractivity contribution in [2.45, 2.75) is 13.5 Å². The molecule has 2 aromatic rings. The smallest absolute Gasteiger partial charge is 0.253 e. The molecule has 0 aliphatic carbocycles. The molecule has 0 aliphatic rings. The number of hydrogen-bond acceptors (Lipinski definition) is 3. The first-order chi connectivity index (χ1) is 10.2. The molecular formula is C17H18N2O2. The summed E-state index contributed by atoms with van der Waals surface area (Å²) in [4.78, 5) is 12.1. The fraction of sp³-hybridized carbons (Fsp3) is 0.235. The molecule has 0 radical (unpaired) electrons. The minimum atomic E-state index is -0.00180. The third kappa shape index (κ3) is 3.53. The minimum absolute atomic E-state index is 0.00180. The molecule has 21 heavy (non-hydrogen) atoms. The number of nitrogens with two attached hydrogens (primary N) is 1. The van der Waals surface area contributed by atoms with Crippen LogP contribution in [-0.4, -0.2) is 18.2 Å². The van der Waals surface area contributed by atoms with Crippen LogP contribution in [0.5, 0.6) is 5.75 Å². The maximum Gasteiger partial charge on any atom is 0.253 e. The summed E-state index contributed by atoms with van der Waals surface area (Å²) in [5.74, 6) is 6.62. The summed E-state index contributed by atoms with van der Waals surface area (Å²) in [5.41, 5.74) is 7.93. The van der Waals surface area contributed by atoms with Gasteiger partial charge in [-0.05, 0) is 36.8 Å². The Labute approximate surface area is 124 Å². The van der Waals surface area contributed by atoms with Crippen LogP contribution in [0.4, 0.5) is 0 Å². The summed E-state index contributed by atoms with van der Waals surface area (Å²) in [6.45, 7) is 2.56. The maximum atomic E-state index is 12.1. The van der Waals surface area contributed by atoms with Gasteiger partial charge in [-0.25, -0.2) is 0 Å². The summed E-state index contributed by atoms with van der Waals surface area (Å²) < 4.78 is 6.91. The molecule has 108 valence electrons. The molecule has 1 heterocycles. The number of hydrogen-bond donors (Lipinski definition) is 1. The number of methoxy groups -OCH3 is 1. The first kappa shape index (κ1) is 14.9. The molecule has 0 unspecified atom stereocenters. The molecule has 0 aliphatic heterocycles. The molecule has 0 atom stereocenters. The first-order valence-corrected chi connectivity index (χ1v) is 6.67. The van der Waals surface area contributed by atoms with E-state index in [0.29, 0.717) is 13.1 Å². The topological polar surface area (TPSA) is 57.2 Å². The van der Waals surface area contributed by atoms with Crippen molar-refractivity contribution in [2.75, 3.05) is 13.7 Å². The van der Waals surface area contributed by atoms with Crippen LogP contribution >= 0.6 is 0 Å². The van der Waals surface area contributed by atoms with Crippen molar-refractivity contribution in [1.29, 1.82) is 0 Å². The van der Waals surface area contributed by atoms with Crippen molar-refractivity contribution in [3.05, 3.63) is 63.6 Å². The highest BCUT2D eigenvalue weighted by molar-refractivity contribution is 5.45. The van der Waals surface area contributed by atoms with Crippen molar-refractivity contribution >= 4 is 0 Å². The molecule has 0 saturated heterocycles. The summed E-state index contributed by atoms with van der Waals surface area (Å²) in [6, 6.07) is 9.30. The number of pyridine rings is 1. The van der Waals surface area contributed by atoms with E-state index in [1.807, 2.05) is 24.3 Å². The quantitative estimate of drug-likeness (QED) is 0.868. The summed E-state index contributed by atoms with van der Waals surface area (Å²) in [7, 11) is 1.61. The Balaban J connectivity index is 2.46. The lowest BCUT2D eigenvalue weighted by Gasteiger charge is -2.10. The Kier molecular flexibility index (Phi) is 4.81. The van der Waals surface area contributed by atoms with Crippen molar-refractivity contribution in [2.24, 2.45) is 5.73 Å². The molecule has 2 N–H and O–H groups in total. The van der Waals surface area contributed by atoms with E-state index in [9.17, 15) is 4.79 Å². The molecule has 0 fully saturated rings. The molecule has 0 spiro atoms. The first-order valence-electron chi connectivity index (χ1n) is 6.67. The van der Waals surface area contributed by atoms with Crippen molar-refractivity contribution in [3.63, 3.8) is 0 Å². The van der Waals surface area contributed by atoms with Crippen LogP contribution in [0.3, 0.4) is 0 Å².